The summed E-state index contributed by atoms with van der Waals surface area (Å²) in [6.07, 6.45) is 0.130. The van der Waals surface area contributed by atoms with E-state index < -0.39 is 11.4 Å². The van der Waals surface area contributed by atoms with Crippen molar-refractivity contribution in [2.45, 2.75) is 18.9 Å². The zero-order valence-electron chi connectivity index (χ0n) is 9.93. The Labute approximate surface area is 103 Å². The van der Waals surface area contributed by atoms with Crippen LogP contribution in [0.5, 0.6) is 0 Å². The third-order valence-corrected chi connectivity index (χ3v) is 2.55. The highest BCUT2D eigenvalue weighted by atomic mass is 19.1. The van der Waals surface area contributed by atoms with E-state index in [1.807, 2.05) is 0 Å². The molecule has 0 aliphatic carbocycles. The first kappa shape index (κ1) is 12.7. The van der Waals surface area contributed by atoms with Crippen molar-refractivity contribution in [2.75, 3.05) is 6.54 Å². The fourth-order valence-corrected chi connectivity index (χ4v) is 1.48. The standard InChI is InChI=1S/C12H14FN3O2/c1-12(17,7-14)6-10-15-11(16-18-10)8-4-2-3-5-9(8)13/h2-5,17H,6-7,14H2,1H3. The number of hydrogen-bond donors (Lipinski definition) is 2. The smallest absolute Gasteiger partial charge is 0.229 e. The minimum absolute atomic E-state index is 0.0738. The summed E-state index contributed by atoms with van der Waals surface area (Å²) in [5.41, 5.74) is 4.55. The monoisotopic (exact) mass is 251 g/mol. The summed E-state index contributed by atoms with van der Waals surface area (Å²) in [6, 6.07) is 6.15. The minimum Gasteiger partial charge on any atom is -0.388 e. The third kappa shape index (κ3) is 2.72. The molecule has 0 aliphatic heterocycles. The van der Waals surface area contributed by atoms with Crippen LogP contribution in [0.4, 0.5) is 4.39 Å². The van der Waals surface area contributed by atoms with Gasteiger partial charge in [-0.2, -0.15) is 4.98 Å². The molecule has 2 rings (SSSR count). The van der Waals surface area contributed by atoms with Crippen molar-refractivity contribution < 1.29 is 14.0 Å². The van der Waals surface area contributed by atoms with Gasteiger partial charge in [0, 0.05) is 6.54 Å². The zero-order chi connectivity index (χ0) is 13.2. The molecular formula is C12H14FN3O2. The first-order valence-electron chi connectivity index (χ1n) is 5.52. The molecular weight excluding hydrogens is 237 g/mol. The van der Waals surface area contributed by atoms with Crippen LogP contribution in [0.2, 0.25) is 0 Å². The Morgan fingerprint density at radius 1 is 1.44 bits per heavy atom. The van der Waals surface area contributed by atoms with Gasteiger partial charge >= 0.3 is 0 Å². The van der Waals surface area contributed by atoms with Gasteiger partial charge in [0.1, 0.15) is 5.82 Å². The molecule has 0 fully saturated rings. The molecule has 0 saturated carbocycles. The Kier molecular flexibility index (Phi) is 3.40. The lowest BCUT2D eigenvalue weighted by atomic mass is 10.0. The number of hydrogen-bond acceptors (Lipinski definition) is 5. The summed E-state index contributed by atoms with van der Waals surface area (Å²) in [4.78, 5) is 4.04. The normalized spacial score (nSPS) is 14.4. The van der Waals surface area contributed by atoms with E-state index in [2.05, 4.69) is 10.1 Å². The van der Waals surface area contributed by atoms with Gasteiger partial charge in [0.05, 0.1) is 17.6 Å². The van der Waals surface area contributed by atoms with Gasteiger partial charge in [-0.05, 0) is 19.1 Å². The Balaban J connectivity index is 2.24. The van der Waals surface area contributed by atoms with Crippen molar-refractivity contribution in [3.05, 3.63) is 36.0 Å². The molecule has 2 aromatic rings. The van der Waals surface area contributed by atoms with Crippen LogP contribution in [0.15, 0.2) is 28.8 Å². The van der Waals surface area contributed by atoms with Crippen LogP contribution in [0, 0.1) is 5.82 Å². The highest BCUT2D eigenvalue weighted by Gasteiger charge is 2.23. The molecule has 1 unspecified atom stereocenters. The Morgan fingerprint density at radius 2 is 2.17 bits per heavy atom. The molecule has 3 N–H and O–H groups in total. The highest BCUT2D eigenvalue weighted by Crippen LogP contribution is 2.20. The predicted molar refractivity (Wildman–Crippen MR) is 63.1 cm³/mol. The van der Waals surface area contributed by atoms with Gasteiger partial charge in [-0.1, -0.05) is 17.3 Å². The summed E-state index contributed by atoms with van der Waals surface area (Å²) in [7, 11) is 0. The highest BCUT2D eigenvalue weighted by molar-refractivity contribution is 5.54. The molecule has 0 saturated heterocycles. The van der Waals surface area contributed by atoms with Gasteiger partial charge in [0.2, 0.25) is 11.7 Å². The Bertz CT molecular complexity index is 540. The number of halogens is 1. The molecule has 96 valence electrons. The van der Waals surface area contributed by atoms with Crippen molar-refractivity contribution in [1.29, 1.82) is 0 Å². The van der Waals surface area contributed by atoms with E-state index in [1.54, 1.807) is 25.1 Å². The quantitative estimate of drug-likeness (QED) is 0.850. The van der Waals surface area contributed by atoms with E-state index >= 15 is 0 Å². The summed E-state index contributed by atoms with van der Waals surface area (Å²) in [5, 5.41) is 13.5. The van der Waals surface area contributed by atoms with Crippen LogP contribution in [-0.4, -0.2) is 27.4 Å². The second kappa shape index (κ2) is 4.83. The van der Waals surface area contributed by atoms with Gasteiger partial charge in [0.15, 0.2) is 0 Å². The molecule has 6 heteroatoms. The van der Waals surface area contributed by atoms with Crippen LogP contribution in [0.1, 0.15) is 12.8 Å². The third-order valence-electron chi connectivity index (χ3n) is 2.55. The second-order valence-electron chi connectivity index (χ2n) is 4.37. The summed E-state index contributed by atoms with van der Waals surface area (Å²) < 4.78 is 18.5. The van der Waals surface area contributed by atoms with Gasteiger partial charge in [-0.15, -0.1) is 0 Å². The van der Waals surface area contributed by atoms with Crippen molar-refractivity contribution in [2.24, 2.45) is 5.73 Å². The number of benzene rings is 1. The minimum atomic E-state index is -1.11. The lowest BCUT2D eigenvalue weighted by Crippen LogP contribution is -2.36. The number of nitrogens with zero attached hydrogens (tertiary/aromatic N) is 2. The molecule has 0 bridgehead atoms. The summed E-state index contributed by atoms with van der Waals surface area (Å²) in [5.74, 6) is -0.0324. The van der Waals surface area contributed by atoms with Gasteiger partial charge < -0.3 is 15.4 Å². The van der Waals surface area contributed by atoms with Crippen LogP contribution in [-0.2, 0) is 6.42 Å². The van der Waals surface area contributed by atoms with Crippen molar-refractivity contribution >= 4 is 0 Å². The van der Waals surface area contributed by atoms with Gasteiger partial charge in [-0.25, -0.2) is 4.39 Å². The fourth-order valence-electron chi connectivity index (χ4n) is 1.48. The molecule has 0 amide bonds. The molecule has 1 aromatic heterocycles. The predicted octanol–water partition coefficient (Wildman–Crippen LogP) is 1.13. The maximum Gasteiger partial charge on any atom is 0.229 e. The first-order chi connectivity index (χ1) is 8.52. The lowest BCUT2D eigenvalue weighted by Gasteiger charge is -2.17. The number of aromatic nitrogens is 2. The van der Waals surface area contributed by atoms with Crippen LogP contribution in [0.25, 0.3) is 11.4 Å². The van der Waals surface area contributed by atoms with E-state index in [0.717, 1.165) is 0 Å². The van der Waals surface area contributed by atoms with Crippen LogP contribution >= 0.6 is 0 Å². The SMILES string of the molecule is CC(O)(CN)Cc1nc(-c2ccccc2F)no1. The molecule has 5 nitrogen and oxygen atoms in total. The molecule has 1 heterocycles. The van der Waals surface area contributed by atoms with E-state index in [0.29, 0.717) is 0 Å². The van der Waals surface area contributed by atoms with E-state index in [-0.39, 0.29) is 30.2 Å². The molecule has 0 aliphatic rings. The number of rotatable bonds is 4. The Hall–Kier alpha value is -1.79. The second-order valence-corrected chi connectivity index (χ2v) is 4.37. The van der Waals surface area contributed by atoms with Crippen LogP contribution < -0.4 is 5.73 Å². The zero-order valence-corrected chi connectivity index (χ0v) is 9.93. The van der Waals surface area contributed by atoms with Crippen molar-refractivity contribution in [3.63, 3.8) is 0 Å². The summed E-state index contributed by atoms with van der Waals surface area (Å²) in [6.45, 7) is 1.64. The molecule has 1 atom stereocenters. The van der Waals surface area contributed by atoms with E-state index in [1.165, 1.54) is 6.07 Å². The lowest BCUT2D eigenvalue weighted by molar-refractivity contribution is 0.0610. The average Bonchev–Trinajstić information content (AvgIpc) is 2.77. The summed E-state index contributed by atoms with van der Waals surface area (Å²) >= 11 is 0. The first-order valence-corrected chi connectivity index (χ1v) is 5.52. The fraction of sp³-hybridized carbons (Fsp3) is 0.333. The number of aliphatic hydroxyl groups is 1. The molecule has 18 heavy (non-hydrogen) atoms. The van der Waals surface area contributed by atoms with Crippen molar-refractivity contribution in [3.8, 4) is 11.4 Å². The number of nitrogens with two attached hydrogens (primary N) is 1. The maximum absolute atomic E-state index is 13.5. The maximum atomic E-state index is 13.5. The van der Waals surface area contributed by atoms with E-state index in [9.17, 15) is 9.50 Å². The van der Waals surface area contributed by atoms with Gasteiger partial charge in [-0.3, -0.25) is 0 Å². The van der Waals surface area contributed by atoms with E-state index in [4.69, 9.17) is 10.3 Å². The average molecular weight is 251 g/mol. The molecule has 0 radical (unpaired) electrons. The van der Waals surface area contributed by atoms with Crippen molar-refractivity contribution in [1.82, 2.24) is 10.1 Å². The molecule has 0 spiro atoms. The Morgan fingerprint density at radius 3 is 2.83 bits per heavy atom. The van der Waals surface area contributed by atoms with Gasteiger partial charge in [0.25, 0.3) is 0 Å². The van der Waals surface area contributed by atoms with Crippen LogP contribution in [0.3, 0.4) is 0 Å². The molecule has 1 aromatic carbocycles. The largest absolute Gasteiger partial charge is 0.388 e. The topological polar surface area (TPSA) is 85.2 Å².